The monoisotopic (exact) mass is 305 g/mol. The molecule has 0 aliphatic heterocycles. The van der Waals surface area contributed by atoms with Gasteiger partial charge in [0.15, 0.2) is 0 Å². The van der Waals surface area contributed by atoms with Gasteiger partial charge in [0.25, 0.3) is 5.91 Å². The van der Waals surface area contributed by atoms with Crippen molar-refractivity contribution in [3.8, 4) is 0 Å². The molecule has 2 atom stereocenters. The van der Waals surface area contributed by atoms with Gasteiger partial charge in [-0.25, -0.2) is 0 Å². The van der Waals surface area contributed by atoms with Gasteiger partial charge >= 0.3 is 0 Å². The minimum atomic E-state index is -0.561. The van der Waals surface area contributed by atoms with E-state index in [0.29, 0.717) is 25.2 Å². The number of pyridine rings is 1. The topological polar surface area (TPSA) is 94.3 Å². The molecule has 3 N–H and O–H groups in total. The molecule has 0 saturated heterocycles. The summed E-state index contributed by atoms with van der Waals surface area (Å²) in [7, 11) is 0. The second-order valence-corrected chi connectivity index (χ2v) is 5.72. The van der Waals surface area contributed by atoms with Crippen LogP contribution < -0.4 is 11.1 Å². The lowest BCUT2D eigenvalue weighted by atomic mass is 9.88. The average molecular weight is 305 g/mol. The van der Waals surface area contributed by atoms with E-state index in [-0.39, 0.29) is 17.2 Å². The molecule has 22 heavy (non-hydrogen) atoms. The van der Waals surface area contributed by atoms with Crippen molar-refractivity contribution in [2.75, 3.05) is 13.2 Å². The Labute approximate surface area is 130 Å². The van der Waals surface area contributed by atoms with Gasteiger partial charge in [0.1, 0.15) is 5.69 Å². The van der Waals surface area contributed by atoms with Crippen molar-refractivity contribution in [2.45, 2.75) is 38.7 Å². The fraction of sp³-hybridized carbons (Fsp3) is 0.562. The minimum Gasteiger partial charge on any atom is -0.376 e. The number of nitrogens with two attached hydrogens (primary N) is 1. The molecule has 1 aromatic rings. The number of rotatable bonds is 6. The Kier molecular flexibility index (Phi) is 5.89. The molecule has 6 heteroatoms. The van der Waals surface area contributed by atoms with Gasteiger partial charge in [-0.15, -0.1) is 0 Å². The summed E-state index contributed by atoms with van der Waals surface area (Å²) in [5.41, 5.74) is 5.67. The second-order valence-electron chi connectivity index (χ2n) is 5.72. The summed E-state index contributed by atoms with van der Waals surface area (Å²) in [4.78, 5) is 26.8. The first-order chi connectivity index (χ1) is 10.6. The summed E-state index contributed by atoms with van der Waals surface area (Å²) in [6.07, 6.45) is 6.43. The lowest BCUT2D eigenvalue weighted by Gasteiger charge is -2.28. The van der Waals surface area contributed by atoms with Crippen molar-refractivity contribution in [1.29, 1.82) is 0 Å². The van der Waals surface area contributed by atoms with Crippen molar-refractivity contribution in [3.63, 3.8) is 0 Å². The van der Waals surface area contributed by atoms with Crippen LogP contribution in [0.15, 0.2) is 18.3 Å². The Bertz CT molecular complexity index is 516. The quantitative estimate of drug-likeness (QED) is 0.779. The number of ether oxygens (including phenoxy) is 1. The molecule has 6 nitrogen and oxygen atoms in total. The number of carbonyl (C=O) groups excluding carboxylic acids is 2. The fourth-order valence-corrected chi connectivity index (χ4v) is 2.67. The number of aromatic nitrogens is 1. The number of nitrogens with zero attached hydrogens (tertiary/aromatic N) is 1. The molecule has 1 aliphatic carbocycles. The second kappa shape index (κ2) is 7.89. The normalized spacial score (nSPS) is 21.3. The van der Waals surface area contributed by atoms with Crippen molar-refractivity contribution in [2.24, 2.45) is 11.7 Å². The highest BCUT2D eigenvalue weighted by Crippen LogP contribution is 2.25. The van der Waals surface area contributed by atoms with E-state index in [0.717, 1.165) is 6.42 Å². The van der Waals surface area contributed by atoms with Gasteiger partial charge in [0, 0.05) is 12.7 Å². The summed E-state index contributed by atoms with van der Waals surface area (Å²) in [6.45, 7) is 3.16. The van der Waals surface area contributed by atoms with E-state index in [1.54, 1.807) is 0 Å². The van der Waals surface area contributed by atoms with Gasteiger partial charge in [0.2, 0.25) is 5.91 Å². The van der Waals surface area contributed by atoms with Crippen LogP contribution in [0.1, 0.15) is 53.5 Å². The summed E-state index contributed by atoms with van der Waals surface area (Å²) >= 11 is 0. The van der Waals surface area contributed by atoms with Crippen LogP contribution in [0.4, 0.5) is 0 Å². The van der Waals surface area contributed by atoms with Crippen LogP contribution in [0.3, 0.4) is 0 Å². The molecule has 2 rings (SSSR count). The number of hydrogen-bond donors (Lipinski definition) is 2. The van der Waals surface area contributed by atoms with Crippen LogP contribution >= 0.6 is 0 Å². The average Bonchev–Trinajstić information content (AvgIpc) is 2.53. The summed E-state index contributed by atoms with van der Waals surface area (Å²) in [6, 6.07) is 2.98. The number of amides is 2. The zero-order valence-electron chi connectivity index (χ0n) is 12.9. The predicted octanol–water partition coefficient (Wildman–Crippen LogP) is 1.51. The van der Waals surface area contributed by atoms with Crippen molar-refractivity contribution in [3.05, 3.63) is 29.6 Å². The third kappa shape index (κ3) is 4.53. The lowest BCUT2D eigenvalue weighted by molar-refractivity contribution is -0.00295. The van der Waals surface area contributed by atoms with E-state index in [9.17, 15) is 9.59 Å². The Hall–Kier alpha value is -1.95. The summed E-state index contributed by atoms with van der Waals surface area (Å²) in [5.74, 6) is -0.252. The van der Waals surface area contributed by atoms with E-state index in [2.05, 4.69) is 17.2 Å². The highest BCUT2D eigenvalue weighted by Gasteiger charge is 2.21. The van der Waals surface area contributed by atoms with Crippen molar-refractivity contribution >= 4 is 11.8 Å². The Balaban J connectivity index is 1.72. The maximum atomic E-state index is 11.9. The van der Waals surface area contributed by atoms with Gasteiger partial charge in [-0.05, 0) is 30.9 Å². The van der Waals surface area contributed by atoms with Gasteiger partial charge < -0.3 is 15.8 Å². The molecular formula is C16H23N3O3. The molecule has 2 amide bonds. The first-order valence-corrected chi connectivity index (χ1v) is 7.73. The van der Waals surface area contributed by atoms with Crippen molar-refractivity contribution < 1.29 is 14.3 Å². The van der Waals surface area contributed by atoms with Crippen LogP contribution in [0.2, 0.25) is 0 Å². The van der Waals surface area contributed by atoms with Crippen LogP contribution in [0, 0.1) is 5.92 Å². The standard InChI is InChI=1S/C16H23N3O3/c1-11-4-2-3-5-14(11)22-9-8-18-16(21)13-7-6-12(10-19-13)15(17)20/h6-7,10-11,14H,2-5,8-9H2,1H3,(H2,17,20)(H,18,21). The zero-order valence-corrected chi connectivity index (χ0v) is 12.9. The molecule has 120 valence electrons. The van der Waals surface area contributed by atoms with Crippen molar-refractivity contribution in [1.82, 2.24) is 10.3 Å². The summed E-state index contributed by atoms with van der Waals surface area (Å²) in [5, 5.41) is 2.76. The smallest absolute Gasteiger partial charge is 0.269 e. The third-order valence-corrected chi connectivity index (χ3v) is 4.03. The molecule has 0 radical (unpaired) electrons. The van der Waals surface area contributed by atoms with Crippen LogP contribution in [0.25, 0.3) is 0 Å². The Morgan fingerprint density at radius 2 is 2.14 bits per heavy atom. The maximum absolute atomic E-state index is 11.9. The highest BCUT2D eigenvalue weighted by atomic mass is 16.5. The number of primary amides is 1. The first kappa shape index (κ1) is 16.4. The Morgan fingerprint density at radius 1 is 1.36 bits per heavy atom. The number of nitrogens with one attached hydrogen (secondary N) is 1. The number of hydrogen-bond acceptors (Lipinski definition) is 4. The van der Waals surface area contributed by atoms with Gasteiger partial charge in [-0.1, -0.05) is 19.8 Å². The van der Waals surface area contributed by atoms with Crippen LogP contribution in [-0.4, -0.2) is 36.1 Å². The number of carbonyl (C=O) groups is 2. The van der Waals surface area contributed by atoms with E-state index in [1.807, 2.05) is 0 Å². The van der Waals surface area contributed by atoms with E-state index < -0.39 is 5.91 Å². The largest absolute Gasteiger partial charge is 0.376 e. The molecule has 0 bridgehead atoms. The SMILES string of the molecule is CC1CCCCC1OCCNC(=O)c1ccc(C(N)=O)cn1. The van der Waals surface area contributed by atoms with E-state index >= 15 is 0 Å². The molecule has 2 unspecified atom stereocenters. The minimum absolute atomic E-state index is 0.260. The summed E-state index contributed by atoms with van der Waals surface area (Å²) < 4.78 is 5.84. The highest BCUT2D eigenvalue weighted by molar-refractivity contribution is 5.95. The van der Waals surface area contributed by atoms with Crippen LogP contribution in [-0.2, 0) is 4.74 Å². The van der Waals surface area contributed by atoms with Crippen LogP contribution in [0.5, 0.6) is 0 Å². The van der Waals surface area contributed by atoms with E-state index in [1.165, 1.54) is 37.6 Å². The maximum Gasteiger partial charge on any atom is 0.269 e. The molecule has 1 aliphatic rings. The molecule has 1 fully saturated rings. The molecule has 1 heterocycles. The molecule has 0 spiro atoms. The van der Waals surface area contributed by atoms with Gasteiger partial charge in [0.05, 0.1) is 18.3 Å². The molecule has 1 saturated carbocycles. The fourth-order valence-electron chi connectivity index (χ4n) is 2.67. The predicted molar refractivity (Wildman–Crippen MR) is 82.5 cm³/mol. The Morgan fingerprint density at radius 3 is 2.77 bits per heavy atom. The third-order valence-electron chi connectivity index (χ3n) is 4.03. The first-order valence-electron chi connectivity index (χ1n) is 7.73. The van der Waals surface area contributed by atoms with Gasteiger partial charge in [-0.3, -0.25) is 14.6 Å². The lowest BCUT2D eigenvalue weighted by Crippen LogP contribution is -2.32. The van der Waals surface area contributed by atoms with Gasteiger partial charge in [-0.2, -0.15) is 0 Å². The molecule has 1 aromatic heterocycles. The molecule has 0 aromatic carbocycles. The molecular weight excluding hydrogens is 282 g/mol. The van der Waals surface area contributed by atoms with E-state index in [4.69, 9.17) is 10.5 Å². The zero-order chi connectivity index (χ0) is 15.9.